The van der Waals surface area contributed by atoms with E-state index in [9.17, 15) is 0 Å². The molecule has 3 rings (SSSR count). The standard InChI is InChI=1S/C20H24N4S/c1-14-7-5-6-8-17(14)18-13-19(24(22-18)20(25)21-2)15-9-11-16(12-10-15)23(3)4/h5-12,19H,13H2,1-4H3,(H,21,25). The van der Waals surface area contributed by atoms with Crippen molar-refractivity contribution in [2.75, 3.05) is 26.0 Å². The number of aryl methyl sites for hydroxylation is 1. The van der Waals surface area contributed by atoms with Crippen LogP contribution in [0.15, 0.2) is 53.6 Å². The Kier molecular flexibility index (Phi) is 5.04. The Labute approximate surface area is 155 Å². The lowest BCUT2D eigenvalue weighted by Gasteiger charge is -2.24. The molecule has 0 saturated carbocycles. The lowest BCUT2D eigenvalue weighted by atomic mass is 9.96. The predicted molar refractivity (Wildman–Crippen MR) is 109 cm³/mol. The van der Waals surface area contributed by atoms with Gasteiger partial charge in [-0.05, 0) is 42.4 Å². The molecule has 1 N–H and O–H groups in total. The molecule has 0 bridgehead atoms. The minimum absolute atomic E-state index is 0.116. The van der Waals surface area contributed by atoms with Crippen LogP contribution in [0.1, 0.15) is 29.2 Å². The third-order valence-electron chi connectivity index (χ3n) is 4.58. The molecule has 25 heavy (non-hydrogen) atoms. The average molecular weight is 353 g/mol. The zero-order valence-corrected chi connectivity index (χ0v) is 16.0. The molecular weight excluding hydrogens is 328 g/mol. The summed E-state index contributed by atoms with van der Waals surface area (Å²) in [4.78, 5) is 2.10. The van der Waals surface area contributed by atoms with E-state index in [-0.39, 0.29) is 6.04 Å². The maximum atomic E-state index is 5.49. The number of anilines is 1. The predicted octanol–water partition coefficient (Wildman–Crippen LogP) is 3.72. The van der Waals surface area contributed by atoms with Gasteiger partial charge in [0.25, 0.3) is 0 Å². The Morgan fingerprint density at radius 3 is 2.44 bits per heavy atom. The van der Waals surface area contributed by atoms with Crippen molar-refractivity contribution in [3.8, 4) is 0 Å². The van der Waals surface area contributed by atoms with Crippen LogP contribution in [0.2, 0.25) is 0 Å². The number of thiocarbonyl (C=S) groups is 1. The Hall–Kier alpha value is -2.40. The first-order valence-electron chi connectivity index (χ1n) is 8.43. The average Bonchev–Trinajstić information content (AvgIpc) is 3.06. The number of rotatable bonds is 3. The van der Waals surface area contributed by atoms with Gasteiger partial charge in [-0.3, -0.25) is 0 Å². The summed E-state index contributed by atoms with van der Waals surface area (Å²) in [7, 11) is 5.94. The van der Waals surface area contributed by atoms with Gasteiger partial charge in [-0.1, -0.05) is 36.4 Å². The fraction of sp³-hybridized carbons (Fsp3) is 0.300. The van der Waals surface area contributed by atoms with E-state index in [4.69, 9.17) is 17.3 Å². The first kappa shape index (κ1) is 17.4. The molecule has 1 atom stereocenters. The van der Waals surface area contributed by atoms with E-state index < -0.39 is 0 Å². The first-order valence-corrected chi connectivity index (χ1v) is 8.84. The molecular formula is C20H24N4S. The van der Waals surface area contributed by atoms with Gasteiger partial charge in [0.2, 0.25) is 0 Å². The quantitative estimate of drug-likeness (QED) is 0.853. The highest BCUT2D eigenvalue weighted by atomic mass is 32.1. The molecule has 0 fully saturated rings. The Balaban J connectivity index is 1.94. The summed E-state index contributed by atoms with van der Waals surface area (Å²) in [6.45, 7) is 2.12. The van der Waals surface area contributed by atoms with E-state index in [0.717, 1.165) is 12.1 Å². The number of hydrogen-bond acceptors (Lipinski definition) is 3. The van der Waals surface area contributed by atoms with Crippen LogP contribution in [0.3, 0.4) is 0 Å². The third-order valence-corrected chi connectivity index (χ3v) is 4.97. The molecule has 130 valence electrons. The summed E-state index contributed by atoms with van der Waals surface area (Å²) in [6, 6.07) is 17.1. The summed E-state index contributed by atoms with van der Waals surface area (Å²) in [5.74, 6) is 0. The van der Waals surface area contributed by atoms with Gasteiger partial charge in [0, 0.05) is 38.8 Å². The number of nitrogens with one attached hydrogen (secondary N) is 1. The van der Waals surface area contributed by atoms with Crippen LogP contribution in [0.5, 0.6) is 0 Å². The fourth-order valence-electron chi connectivity index (χ4n) is 3.13. The van der Waals surface area contributed by atoms with Gasteiger partial charge in [0.05, 0.1) is 11.8 Å². The van der Waals surface area contributed by atoms with E-state index in [1.807, 2.05) is 26.2 Å². The molecule has 1 heterocycles. The SMILES string of the molecule is CNC(=S)N1N=C(c2ccccc2C)CC1c1ccc(N(C)C)cc1. The summed E-state index contributed by atoms with van der Waals surface area (Å²) >= 11 is 5.49. The van der Waals surface area contributed by atoms with Crippen LogP contribution in [-0.4, -0.2) is 37.0 Å². The number of hydrogen-bond donors (Lipinski definition) is 1. The molecule has 0 aliphatic carbocycles. The third kappa shape index (κ3) is 3.51. The second kappa shape index (κ2) is 7.23. The maximum absolute atomic E-state index is 5.49. The van der Waals surface area contributed by atoms with Gasteiger partial charge >= 0.3 is 0 Å². The van der Waals surface area contributed by atoms with Crippen molar-refractivity contribution in [1.82, 2.24) is 10.3 Å². The molecule has 2 aromatic carbocycles. The molecule has 0 radical (unpaired) electrons. The zero-order valence-electron chi connectivity index (χ0n) is 15.2. The van der Waals surface area contributed by atoms with Crippen molar-refractivity contribution in [2.24, 2.45) is 5.10 Å². The van der Waals surface area contributed by atoms with Crippen LogP contribution in [0.25, 0.3) is 0 Å². The molecule has 5 heteroatoms. The molecule has 4 nitrogen and oxygen atoms in total. The molecule has 0 aromatic heterocycles. The molecule has 1 unspecified atom stereocenters. The van der Waals surface area contributed by atoms with Crippen LogP contribution in [-0.2, 0) is 0 Å². The monoisotopic (exact) mass is 352 g/mol. The van der Waals surface area contributed by atoms with E-state index in [1.54, 1.807) is 0 Å². The van der Waals surface area contributed by atoms with Crippen molar-refractivity contribution in [1.29, 1.82) is 0 Å². The highest BCUT2D eigenvalue weighted by Gasteiger charge is 2.31. The Morgan fingerprint density at radius 2 is 1.84 bits per heavy atom. The maximum Gasteiger partial charge on any atom is 0.189 e. The summed E-state index contributed by atoms with van der Waals surface area (Å²) < 4.78 is 0. The largest absolute Gasteiger partial charge is 0.378 e. The summed E-state index contributed by atoms with van der Waals surface area (Å²) in [6.07, 6.45) is 0.841. The van der Waals surface area contributed by atoms with Gasteiger partial charge in [-0.25, -0.2) is 5.01 Å². The molecule has 0 amide bonds. The van der Waals surface area contributed by atoms with E-state index in [2.05, 4.69) is 65.7 Å². The van der Waals surface area contributed by atoms with Crippen molar-refractivity contribution in [3.05, 3.63) is 65.2 Å². The smallest absolute Gasteiger partial charge is 0.189 e. The van der Waals surface area contributed by atoms with Crippen molar-refractivity contribution < 1.29 is 0 Å². The van der Waals surface area contributed by atoms with E-state index in [1.165, 1.54) is 22.4 Å². The Bertz CT molecular complexity index is 796. The highest BCUT2D eigenvalue weighted by molar-refractivity contribution is 7.80. The van der Waals surface area contributed by atoms with Crippen LogP contribution in [0, 0.1) is 6.92 Å². The highest BCUT2D eigenvalue weighted by Crippen LogP contribution is 2.34. The summed E-state index contributed by atoms with van der Waals surface area (Å²) in [5.41, 5.74) is 5.91. The molecule has 0 saturated heterocycles. The lowest BCUT2D eigenvalue weighted by Crippen LogP contribution is -2.34. The van der Waals surface area contributed by atoms with Gasteiger partial charge in [-0.2, -0.15) is 5.10 Å². The fourth-order valence-corrected chi connectivity index (χ4v) is 3.29. The topological polar surface area (TPSA) is 30.9 Å². The number of hydrazone groups is 1. The lowest BCUT2D eigenvalue weighted by molar-refractivity contribution is 0.367. The second-order valence-electron chi connectivity index (χ2n) is 6.47. The van der Waals surface area contributed by atoms with Gasteiger partial charge in [-0.15, -0.1) is 0 Å². The first-order chi connectivity index (χ1) is 12.0. The normalized spacial score (nSPS) is 16.6. The van der Waals surface area contributed by atoms with Gasteiger partial charge in [0.1, 0.15) is 0 Å². The van der Waals surface area contributed by atoms with Gasteiger partial charge in [0.15, 0.2) is 5.11 Å². The van der Waals surface area contributed by atoms with Crippen molar-refractivity contribution >= 4 is 28.7 Å². The molecule has 0 spiro atoms. The van der Waals surface area contributed by atoms with E-state index >= 15 is 0 Å². The van der Waals surface area contributed by atoms with Crippen molar-refractivity contribution in [3.63, 3.8) is 0 Å². The van der Waals surface area contributed by atoms with Crippen LogP contribution < -0.4 is 10.2 Å². The molecule has 1 aliphatic heterocycles. The molecule has 2 aromatic rings. The number of benzene rings is 2. The minimum atomic E-state index is 0.116. The zero-order chi connectivity index (χ0) is 18.0. The van der Waals surface area contributed by atoms with E-state index in [0.29, 0.717) is 5.11 Å². The Morgan fingerprint density at radius 1 is 1.16 bits per heavy atom. The van der Waals surface area contributed by atoms with Crippen molar-refractivity contribution in [2.45, 2.75) is 19.4 Å². The summed E-state index contributed by atoms with van der Waals surface area (Å²) in [5, 5.41) is 10.5. The second-order valence-corrected chi connectivity index (χ2v) is 6.85. The van der Waals surface area contributed by atoms with Crippen LogP contribution >= 0.6 is 12.2 Å². The minimum Gasteiger partial charge on any atom is -0.378 e. The van der Waals surface area contributed by atoms with Crippen LogP contribution in [0.4, 0.5) is 5.69 Å². The van der Waals surface area contributed by atoms with Gasteiger partial charge < -0.3 is 10.2 Å². The number of nitrogens with zero attached hydrogens (tertiary/aromatic N) is 3. The molecule has 1 aliphatic rings.